The first-order valence-electron chi connectivity index (χ1n) is 6.25. The summed E-state index contributed by atoms with van der Waals surface area (Å²) in [4.78, 5) is 7.86. The van der Waals surface area contributed by atoms with E-state index >= 15 is 0 Å². The van der Waals surface area contributed by atoms with Crippen LogP contribution in [0.1, 0.15) is 6.92 Å². The average molecular weight is 253 g/mol. The summed E-state index contributed by atoms with van der Waals surface area (Å²) in [5.41, 5.74) is 9.29. The summed E-state index contributed by atoms with van der Waals surface area (Å²) in [7, 11) is 0. The molecule has 96 valence electrons. The van der Waals surface area contributed by atoms with Gasteiger partial charge in [-0.15, -0.1) is 0 Å². The summed E-state index contributed by atoms with van der Waals surface area (Å²) in [5.74, 6) is 1.63. The predicted octanol–water partition coefficient (Wildman–Crippen LogP) is 3.21. The number of nitrogen functional groups attached to an aromatic ring is 1. The molecule has 0 amide bonds. The Morgan fingerprint density at radius 1 is 1.21 bits per heavy atom. The fraction of sp³-hybridized carbons (Fsp3) is 0.133. The molecule has 3 N–H and O–H groups in total. The van der Waals surface area contributed by atoms with E-state index in [0.29, 0.717) is 6.61 Å². The maximum Gasteiger partial charge on any atom is 0.142 e. The number of fused-ring (bicyclic) bond motifs is 1. The molecule has 0 atom stereocenters. The number of nitrogens with one attached hydrogen (secondary N) is 1. The van der Waals surface area contributed by atoms with Gasteiger partial charge in [-0.1, -0.05) is 12.1 Å². The molecule has 2 aromatic carbocycles. The van der Waals surface area contributed by atoms with Crippen molar-refractivity contribution in [1.82, 2.24) is 9.97 Å². The fourth-order valence-electron chi connectivity index (χ4n) is 2.10. The molecule has 3 aromatic rings. The zero-order chi connectivity index (χ0) is 13.2. The quantitative estimate of drug-likeness (QED) is 0.704. The standard InChI is InChI=1S/C15H15N3O/c1-2-19-14-6-4-3-5-11(14)15-17-12-8-7-10(16)9-13(12)18-15/h3-9H,2,16H2,1H3,(H,17,18). The number of ether oxygens (including phenoxy) is 1. The lowest BCUT2D eigenvalue weighted by molar-refractivity contribution is 0.341. The summed E-state index contributed by atoms with van der Waals surface area (Å²) >= 11 is 0. The number of anilines is 1. The molecule has 0 fully saturated rings. The van der Waals surface area contributed by atoms with Gasteiger partial charge in [-0.3, -0.25) is 0 Å². The Labute approximate surface area is 111 Å². The van der Waals surface area contributed by atoms with Crippen LogP contribution in [-0.4, -0.2) is 16.6 Å². The molecule has 1 aromatic heterocycles. The number of imidazole rings is 1. The molecule has 0 aliphatic heterocycles. The van der Waals surface area contributed by atoms with Crippen molar-refractivity contribution < 1.29 is 4.74 Å². The van der Waals surface area contributed by atoms with E-state index in [-0.39, 0.29) is 0 Å². The maximum atomic E-state index is 5.78. The minimum absolute atomic E-state index is 0.629. The molecule has 0 saturated carbocycles. The lowest BCUT2D eigenvalue weighted by atomic mass is 10.2. The SMILES string of the molecule is CCOc1ccccc1-c1nc2ccc(N)cc2[nH]1. The number of hydrogen-bond donors (Lipinski definition) is 2. The molecular weight excluding hydrogens is 238 g/mol. The Balaban J connectivity index is 2.13. The van der Waals surface area contributed by atoms with Crippen LogP contribution in [0.5, 0.6) is 5.75 Å². The molecule has 0 bridgehead atoms. The number of nitrogens with two attached hydrogens (primary N) is 1. The normalized spacial score (nSPS) is 10.8. The lowest BCUT2D eigenvalue weighted by Gasteiger charge is -2.07. The third-order valence-corrected chi connectivity index (χ3v) is 2.95. The Morgan fingerprint density at radius 3 is 2.89 bits per heavy atom. The van der Waals surface area contributed by atoms with Crippen LogP contribution in [0, 0.1) is 0 Å². The van der Waals surface area contributed by atoms with Crippen molar-refractivity contribution in [1.29, 1.82) is 0 Å². The third kappa shape index (κ3) is 2.12. The van der Waals surface area contributed by atoms with E-state index in [4.69, 9.17) is 10.5 Å². The second-order valence-corrected chi connectivity index (χ2v) is 4.29. The minimum Gasteiger partial charge on any atom is -0.493 e. The van der Waals surface area contributed by atoms with Crippen molar-refractivity contribution in [3.05, 3.63) is 42.5 Å². The topological polar surface area (TPSA) is 63.9 Å². The Hall–Kier alpha value is -2.49. The number of aromatic amines is 1. The summed E-state index contributed by atoms with van der Waals surface area (Å²) in [5, 5.41) is 0. The van der Waals surface area contributed by atoms with Gasteiger partial charge in [0.2, 0.25) is 0 Å². The number of aromatic nitrogens is 2. The van der Waals surface area contributed by atoms with Crippen molar-refractivity contribution in [3.8, 4) is 17.1 Å². The van der Waals surface area contributed by atoms with E-state index in [1.807, 2.05) is 49.4 Å². The highest BCUT2D eigenvalue weighted by atomic mass is 16.5. The maximum absolute atomic E-state index is 5.78. The highest BCUT2D eigenvalue weighted by molar-refractivity contribution is 5.83. The second-order valence-electron chi connectivity index (χ2n) is 4.29. The summed E-state index contributed by atoms with van der Waals surface area (Å²) in [6, 6.07) is 13.5. The largest absolute Gasteiger partial charge is 0.493 e. The zero-order valence-corrected chi connectivity index (χ0v) is 10.7. The number of nitrogens with zero attached hydrogens (tertiary/aromatic N) is 1. The number of hydrogen-bond acceptors (Lipinski definition) is 3. The fourth-order valence-corrected chi connectivity index (χ4v) is 2.10. The van der Waals surface area contributed by atoms with Gasteiger partial charge in [0, 0.05) is 5.69 Å². The first kappa shape index (κ1) is 11.6. The second kappa shape index (κ2) is 4.65. The molecule has 19 heavy (non-hydrogen) atoms. The van der Waals surface area contributed by atoms with Crippen LogP contribution in [0.25, 0.3) is 22.4 Å². The molecule has 0 aliphatic carbocycles. The smallest absolute Gasteiger partial charge is 0.142 e. The average Bonchev–Trinajstić information content (AvgIpc) is 2.82. The van der Waals surface area contributed by atoms with E-state index in [0.717, 1.165) is 33.9 Å². The molecule has 0 radical (unpaired) electrons. The Morgan fingerprint density at radius 2 is 2.05 bits per heavy atom. The van der Waals surface area contributed by atoms with Gasteiger partial charge in [0.15, 0.2) is 0 Å². The van der Waals surface area contributed by atoms with E-state index in [9.17, 15) is 0 Å². The number of para-hydroxylation sites is 1. The summed E-state index contributed by atoms with van der Waals surface area (Å²) in [6.07, 6.45) is 0. The summed E-state index contributed by atoms with van der Waals surface area (Å²) in [6.45, 7) is 2.60. The molecule has 0 aliphatic rings. The molecule has 0 saturated heterocycles. The molecule has 1 heterocycles. The van der Waals surface area contributed by atoms with Crippen LogP contribution >= 0.6 is 0 Å². The number of rotatable bonds is 3. The molecular formula is C15H15N3O. The van der Waals surface area contributed by atoms with Crippen LogP contribution in [-0.2, 0) is 0 Å². The highest BCUT2D eigenvalue weighted by Gasteiger charge is 2.10. The van der Waals surface area contributed by atoms with E-state index in [1.54, 1.807) is 0 Å². The van der Waals surface area contributed by atoms with Gasteiger partial charge in [0.05, 0.1) is 23.2 Å². The molecule has 0 unspecified atom stereocenters. The van der Waals surface area contributed by atoms with Crippen LogP contribution in [0.2, 0.25) is 0 Å². The van der Waals surface area contributed by atoms with Gasteiger partial charge in [-0.25, -0.2) is 4.98 Å². The van der Waals surface area contributed by atoms with Crippen molar-refractivity contribution in [3.63, 3.8) is 0 Å². The van der Waals surface area contributed by atoms with Gasteiger partial charge >= 0.3 is 0 Å². The number of benzene rings is 2. The third-order valence-electron chi connectivity index (χ3n) is 2.95. The van der Waals surface area contributed by atoms with Crippen molar-refractivity contribution in [2.75, 3.05) is 12.3 Å². The minimum atomic E-state index is 0.629. The van der Waals surface area contributed by atoms with E-state index in [2.05, 4.69) is 9.97 Å². The van der Waals surface area contributed by atoms with Crippen LogP contribution in [0.4, 0.5) is 5.69 Å². The van der Waals surface area contributed by atoms with Gasteiger partial charge < -0.3 is 15.5 Å². The van der Waals surface area contributed by atoms with Crippen molar-refractivity contribution >= 4 is 16.7 Å². The molecule has 4 nitrogen and oxygen atoms in total. The number of H-pyrrole nitrogens is 1. The van der Waals surface area contributed by atoms with Crippen LogP contribution in [0.15, 0.2) is 42.5 Å². The Kier molecular flexibility index (Phi) is 2.83. The first-order valence-corrected chi connectivity index (χ1v) is 6.25. The molecule has 4 heteroatoms. The highest BCUT2D eigenvalue weighted by Crippen LogP contribution is 2.29. The van der Waals surface area contributed by atoms with Crippen molar-refractivity contribution in [2.45, 2.75) is 6.92 Å². The predicted molar refractivity (Wildman–Crippen MR) is 77.1 cm³/mol. The van der Waals surface area contributed by atoms with Gasteiger partial charge in [-0.2, -0.15) is 0 Å². The monoisotopic (exact) mass is 253 g/mol. The van der Waals surface area contributed by atoms with Crippen molar-refractivity contribution in [2.24, 2.45) is 0 Å². The van der Waals surface area contributed by atoms with Gasteiger partial charge in [-0.05, 0) is 37.3 Å². The van der Waals surface area contributed by atoms with Gasteiger partial charge in [0.1, 0.15) is 11.6 Å². The lowest BCUT2D eigenvalue weighted by Crippen LogP contribution is -1.94. The Bertz CT molecular complexity index is 718. The van der Waals surface area contributed by atoms with Crippen LogP contribution in [0.3, 0.4) is 0 Å². The van der Waals surface area contributed by atoms with E-state index in [1.165, 1.54) is 0 Å². The van der Waals surface area contributed by atoms with E-state index < -0.39 is 0 Å². The van der Waals surface area contributed by atoms with Gasteiger partial charge in [0.25, 0.3) is 0 Å². The summed E-state index contributed by atoms with van der Waals surface area (Å²) < 4.78 is 5.63. The zero-order valence-electron chi connectivity index (χ0n) is 10.7. The van der Waals surface area contributed by atoms with Crippen LogP contribution < -0.4 is 10.5 Å². The molecule has 0 spiro atoms. The molecule has 3 rings (SSSR count). The first-order chi connectivity index (χ1) is 9.28.